The first-order chi connectivity index (χ1) is 11.0. The molecule has 0 saturated carbocycles. The van der Waals surface area contributed by atoms with E-state index in [2.05, 4.69) is 62.3 Å². The molecule has 0 spiro atoms. The minimum atomic E-state index is 0.779. The fourth-order valence-corrected chi connectivity index (χ4v) is 2.30. The SMILES string of the molecule is C=C/C=C\C=C/C.CC.CCC(C)Cc1c(C)ccc(Br)c1C. The predicted molar refractivity (Wildman–Crippen MR) is 112 cm³/mol. The Labute approximate surface area is 153 Å². The third kappa shape index (κ3) is 11.1. The van der Waals surface area contributed by atoms with Gasteiger partial charge in [0.25, 0.3) is 0 Å². The summed E-state index contributed by atoms with van der Waals surface area (Å²) in [7, 11) is 0. The van der Waals surface area contributed by atoms with Crippen LogP contribution in [0.25, 0.3) is 0 Å². The number of hydrogen-bond acceptors (Lipinski definition) is 0. The number of halogens is 1. The standard InChI is InChI=1S/C13H19Br.C7H10.C2H6/c1-5-9(2)8-12-10(3)6-7-13(14)11(12)4;1-3-5-7-6-4-2;1-2/h6-7,9H,5,8H2,1-4H3;3-7H,1H2,2H3;1-2H3/b;6-4-,7-5-;. The van der Waals surface area contributed by atoms with Gasteiger partial charge in [-0.1, -0.05) is 93.1 Å². The molecule has 0 aliphatic rings. The molecule has 1 unspecified atom stereocenters. The molecule has 0 aliphatic heterocycles. The molecule has 1 aromatic carbocycles. The lowest BCUT2D eigenvalue weighted by Gasteiger charge is -2.15. The van der Waals surface area contributed by atoms with Gasteiger partial charge in [-0.2, -0.15) is 0 Å². The summed E-state index contributed by atoms with van der Waals surface area (Å²) in [6.45, 7) is 18.5. The van der Waals surface area contributed by atoms with Crippen LogP contribution in [0.5, 0.6) is 0 Å². The van der Waals surface area contributed by atoms with Gasteiger partial charge in [0.05, 0.1) is 0 Å². The summed E-state index contributed by atoms with van der Waals surface area (Å²) in [5, 5.41) is 0. The highest BCUT2D eigenvalue weighted by molar-refractivity contribution is 9.10. The van der Waals surface area contributed by atoms with Gasteiger partial charge in [0.15, 0.2) is 0 Å². The molecule has 0 bridgehead atoms. The number of aryl methyl sites for hydroxylation is 1. The normalized spacial score (nSPS) is 11.5. The molecule has 130 valence electrons. The van der Waals surface area contributed by atoms with Gasteiger partial charge in [0.2, 0.25) is 0 Å². The van der Waals surface area contributed by atoms with E-state index in [1.807, 2.05) is 45.1 Å². The zero-order chi connectivity index (χ0) is 18.3. The first-order valence-corrected chi connectivity index (χ1v) is 9.42. The summed E-state index contributed by atoms with van der Waals surface area (Å²) >= 11 is 3.59. The van der Waals surface area contributed by atoms with Gasteiger partial charge in [-0.15, -0.1) is 0 Å². The molecule has 0 heterocycles. The quantitative estimate of drug-likeness (QED) is 0.455. The molecular weight excluding hydrogens is 344 g/mol. The van der Waals surface area contributed by atoms with Crippen LogP contribution in [0.2, 0.25) is 0 Å². The van der Waals surface area contributed by atoms with Gasteiger partial charge in [-0.3, -0.25) is 0 Å². The van der Waals surface area contributed by atoms with Crippen molar-refractivity contribution in [3.63, 3.8) is 0 Å². The molecule has 0 amide bonds. The van der Waals surface area contributed by atoms with Gasteiger partial charge >= 0.3 is 0 Å². The van der Waals surface area contributed by atoms with Crippen molar-refractivity contribution in [2.75, 3.05) is 0 Å². The second kappa shape index (κ2) is 15.8. The average Bonchev–Trinajstić information content (AvgIpc) is 2.58. The molecule has 0 radical (unpaired) electrons. The van der Waals surface area contributed by atoms with Crippen LogP contribution in [0, 0.1) is 19.8 Å². The summed E-state index contributed by atoms with van der Waals surface area (Å²) in [6.07, 6.45) is 12.0. The fraction of sp³-hybridized carbons (Fsp3) is 0.455. The molecule has 1 rings (SSSR count). The van der Waals surface area contributed by atoms with E-state index in [9.17, 15) is 0 Å². The Kier molecular flexibility index (Phi) is 16.6. The third-order valence-electron chi connectivity index (χ3n) is 3.57. The van der Waals surface area contributed by atoms with Crippen molar-refractivity contribution in [2.24, 2.45) is 5.92 Å². The molecule has 23 heavy (non-hydrogen) atoms. The van der Waals surface area contributed by atoms with E-state index in [-0.39, 0.29) is 0 Å². The smallest absolute Gasteiger partial charge is 0.0207 e. The van der Waals surface area contributed by atoms with Gasteiger partial charge < -0.3 is 0 Å². The summed E-state index contributed by atoms with van der Waals surface area (Å²) < 4.78 is 1.24. The van der Waals surface area contributed by atoms with Crippen molar-refractivity contribution in [1.29, 1.82) is 0 Å². The summed E-state index contributed by atoms with van der Waals surface area (Å²) in [4.78, 5) is 0. The summed E-state index contributed by atoms with van der Waals surface area (Å²) in [5.74, 6) is 0.779. The van der Waals surface area contributed by atoms with Gasteiger partial charge in [0, 0.05) is 4.47 Å². The Hall–Kier alpha value is -1.08. The fourth-order valence-electron chi connectivity index (χ4n) is 1.92. The minimum Gasteiger partial charge on any atom is -0.0991 e. The maximum Gasteiger partial charge on any atom is 0.0207 e. The van der Waals surface area contributed by atoms with Crippen LogP contribution < -0.4 is 0 Å². The van der Waals surface area contributed by atoms with E-state index in [0.717, 1.165) is 5.92 Å². The van der Waals surface area contributed by atoms with E-state index in [1.54, 1.807) is 6.08 Å². The van der Waals surface area contributed by atoms with E-state index >= 15 is 0 Å². The molecule has 0 saturated heterocycles. The first-order valence-electron chi connectivity index (χ1n) is 8.62. The van der Waals surface area contributed by atoms with Crippen LogP contribution in [0.1, 0.15) is 57.7 Å². The first kappa shape index (κ1) is 24.2. The van der Waals surface area contributed by atoms with E-state index in [1.165, 1.54) is 34.0 Å². The zero-order valence-electron chi connectivity index (χ0n) is 16.1. The predicted octanol–water partition coefficient (Wildman–Crippen LogP) is 7.99. The number of allylic oxidation sites excluding steroid dienone is 5. The lowest BCUT2D eigenvalue weighted by Crippen LogP contribution is -2.02. The van der Waals surface area contributed by atoms with Crippen molar-refractivity contribution in [3.8, 4) is 0 Å². The molecule has 1 atom stereocenters. The largest absolute Gasteiger partial charge is 0.0991 e. The number of hydrogen-bond donors (Lipinski definition) is 0. The van der Waals surface area contributed by atoms with E-state index in [4.69, 9.17) is 0 Å². The Morgan fingerprint density at radius 2 is 1.74 bits per heavy atom. The Morgan fingerprint density at radius 1 is 1.13 bits per heavy atom. The highest BCUT2D eigenvalue weighted by Crippen LogP contribution is 2.25. The highest BCUT2D eigenvalue weighted by Gasteiger charge is 2.08. The van der Waals surface area contributed by atoms with E-state index < -0.39 is 0 Å². The van der Waals surface area contributed by atoms with Crippen LogP contribution in [0.4, 0.5) is 0 Å². The Morgan fingerprint density at radius 3 is 2.22 bits per heavy atom. The molecule has 0 aromatic heterocycles. The molecular formula is C22H35Br. The molecule has 1 heteroatoms. The average molecular weight is 379 g/mol. The van der Waals surface area contributed by atoms with Crippen LogP contribution >= 0.6 is 15.9 Å². The van der Waals surface area contributed by atoms with Crippen molar-refractivity contribution >= 4 is 15.9 Å². The molecule has 0 aliphatic carbocycles. The lowest BCUT2D eigenvalue weighted by molar-refractivity contribution is 0.557. The summed E-state index contributed by atoms with van der Waals surface area (Å²) in [5.41, 5.74) is 4.35. The zero-order valence-corrected chi connectivity index (χ0v) is 17.7. The molecule has 0 fully saturated rings. The third-order valence-corrected chi connectivity index (χ3v) is 4.43. The van der Waals surface area contributed by atoms with Crippen LogP contribution in [-0.2, 0) is 6.42 Å². The monoisotopic (exact) mass is 378 g/mol. The molecule has 1 aromatic rings. The molecule has 0 N–H and O–H groups in total. The van der Waals surface area contributed by atoms with Crippen LogP contribution in [0.15, 0.2) is 53.6 Å². The second-order valence-electron chi connectivity index (χ2n) is 5.33. The minimum absolute atomic E-state index is 0.779. The topological polar surface area (TPSA) is 0 Å². The Balaban J connectivity index is 0. The molecule has 0 nitrogen and oxygen atoms in total. The van der Waals surface area contributed by atoms with Crippen molar-refractivity contribution < 1.29 is 0 Å². The highest BCUT2D eigenvalue weighted by atomic mass is 79.9. The number of benzene rings is 1. The van der Waals surface area contributed by atoms with Crippen molar-refractivity contribution in [1.82, 2.24) is 0 Å². The second-order valence-corrected chi connectivity index (χ2v) is 6.19. The summed E-state index contributed by atoms with van der Waals surface area (Å²) in [6, 6.07) is 4.35. The maximum absolute atomic E-state index is 3.59. The van der Waals surface area contributed by atoms with Crippen LogP contribution in [-0.4, -0.2) is 0 Å². The maximum atomic E-state index is 3.59. The van der Waals surface area contributed by atoms with E-state index in [0.29, 0.717) is 0 Å². The number of rotatable bonds is 5. The van der Waals surface area contributed by atoms with Gasteiger partial charge in [-0.25, -0.2) is 0 Å². The van der Waals surface area contributed by atoms with Gasteiger partial charge in [-0.05, 0) is 55.9 Å². The van der Waals surface area contributed by atoms with Gasteiger partial charge in [0.1, 0.15) is 0 Å². The lowest BCUT2D eigenvalue weighted by atomic mass is 9.92. The van der Waals surface area contributed by atoms with Crippen LogP contribution in [0.3, 0.4) is 0 Å². The van der Waals surface area contributed by atoms with Crippen molar-refractivity contribution in [3.05, 3.63) is 70.3 Å². The Bertz CT molecular complexity index is 481. The van der Waals surface area contributed by atoms with Crippen molar-refractivity contribution in [2.45, 2.75) is 61.3 Å².